The largest absolute Gasteiger partial charge is 0.310 e. The Morgan fingerprint density at radius 2 is 1.14 bits per heavy atom. The lowest BCUT2D eigenvalue weighted by molar-refractivity contribution is 0.364. The lowest BCUT2D eigenvalue weighted by Gasteiger charge is -2.40. The quantitative estimate of drug-likeness (QED) is 0.549. The summed E-state index contributed by atoms with van der Waals surface area (Å²) in [5.41, 5.74) is 0. The Kier molecular flexibility index (Phi) is 2.32. The summed E-state index contributed by atoms with van der Waals surface area (Å²) in [6, 6.07) is 1.95. The van der Waals surface area contributed by atoms with Crippen LogP contribution < -0.4 is 0 Å². The van der Waals surface area contributed by atoms with Crippen LogP contribution in [0.25, 0.3) is 0 Å². The average molecular weight is 362 g/mol. The van der Waals surface area contributed by atoms with E-state index in [0.717, 1.165) is 0 Å². The Morgan fingerprint density at radius 1 is 0.786 bits per heavy atom. The van der Waals surface area contributed by atoms with Gasteiger partial charge in [-0.25, -0.2) is 0 Å². The molecule has 0 aliphatic rings. The summed E-state index contributed by atoms with van der Waals surface area (Å²) in [5.74, 6) is 0. The summed E-state index contributed by atoms with van der Waals surface area (Å²) in [5, 5.41) is 0. The van der Waals surface area contributed by atoms with Crippen LogP contribution in [-0.2, 0) is 0 Å². The fourth-order valence-electron chi connectivity index (χ4n) is 0.751. The van der Waals surface area contributed by atoms with Crippen LogP contribution in [0.5, 0.6) is 0 Å². The molecule has 1 rings (SSSR count). The van der Waals surface area contributed by atoms with Gasteiger partial charge in [-0.3, -0.25) is 0 Å². The van der Waals surface area contributed by atoms with Crippen molar-refractivity contribution in [1.29, 1.82) is 0 Å². The van der Waals surface area contributed by atoms with Gasteiger partial charge in [0, 0.05) is 8.95 Å². The fraction of sp³-hybridized carbons (Fsp3) is 0. The highest BCUT2D eigenvalue weighted by Gasteiger charge is 2.65. The fourth-order valence-corrected chi connectivity index (χ4v) is 3.05. The lowest BCUT2D eigenvalue weighted by Crippen LogP contribution is -2.05. The number of rotatable bonds is 1. The number of hydrogen-bond acceptors (Lipinski definition) is 0. The Morgan fingerprint density at radius 3 is 1.43 bits per heavy atom. The van der Waals surface area contributed by atoms with Crippen molar-refractivity contribution in [2.24, 2.45) is 0 Å². The molecule has 0 nitrogen and oxygen atoms in total. The molecule has 0 N–H and O–H groups in total. The highest BCUT2D eigenvalue weighted by atomic mass is 79.9. The van der Waals surface area contributed by atoms with Crippen LogP contribution in [0.3, 0.4) is 0 Å². The molecule has 0 spiro atoms. The molecule has 0 unspecified atom stereocenters. The number of benzene rings is 1. The summed E-state index contributed by atoms with van der Waals surface area (Å²) in [4.78, 5) is -1.91. The summed E-state index contributed by atoms with van der Waals surface area (Å²) in [7, 11) is -9.56. The summed E-state index contributed by atoms with van der Waals surface area (Å²) < 4.78 is 61.2. The van der Waals surface area contributed by atoms with E-state index in [-0.39, 0.29) is 8.95 Å². The Hall–Kier alpha value is 0.180. The first-order valence-electron chi connectivity index (χ1n) is 3.09. The van der Waals surface area contributed by atoms with Crippen LogP contribution in [0.15, 0.2) is 32.0 Å². The van der Waals surface area contributed by atoms with E-state index in [4.69, 9.17) is 0 Å². The molecule has 0 saturated heterocycles. The molecule has 0 radical (unpaired) electrons. The van der Waals surface area contributed by atoms with Gasteiger partial charge in [0.2, 0.25) is 0 Å². The van der Waals surface area contributed by atoms with Gasteiger partial charge in [-0.1, -0.05) is 51.3 Å². The van der Waals surface area contributed by atoms with Gasteiger partial charge in [-0.05, 0) is 18.2 Å². The first-order valence-corrected chi connectivity index (χ1v) is 6.62. The van der Waals surface area contributed by atoms with Gasteiger partial charge < -0.3 is 0 Å². The zero-order valence-electron chi connectivity index (χ0n) is 6.29. The smallest absolute Gasteiger partial charge is 0.0936 e. The van der Waals surface area contributed by atoms with Crippen molar-refractivity contribution in [3.8, 4) is 0 Å². The standard InChI is InChI=1S/C6H3Br2F5S/c7-4-1-5(8)3-6(2-4)14(9,10,11,12)13/h1-3H. The first-order chi connectivity index (χ1) is 5.88. The molecule has 0 bridgehead atoms. The van der Waals surface area contributed by atoms with Crippen molar-refractivity contribution in [2.75, 3.05) is 0 Å². The van der Waals surface area contributed by atoms with Crippen molar-refractivity contribution in [3.63, 3.8) is 0 Å². The third-order valence-corrected chi connectivity index (χ3v) is 3.32. The van der Waals surface area contributed by atoms with Crippen molar-refractivity contribution < 1.29 is 19.4 Å². The summed E-state index contributed by atoms with van der Waals surface area (Å²) in [6.07, 6.45) is 0. The van der Waals surface area contributed by atoms with Gasteiger partial charge in [0.25, 0.3) is 0 Å². The lowest BCUT2D eigenvalue weighted by atomic mass is 10.4. The van der Waals surface area contributed by atoms with E-state index in [1.807, 2.05) is 0 Å². The highest BCUT2D eigenvalue weighted by molar-refractivity contribution is 9.11. The maximum absolute atomic E-state index is 12.3. The third-order valence-electron chi connectivity index (χ3n) is 1.28. The van der Waals surface area contributed by atoms with E-state index < -0.39 is 15.1 Å². The van der Waals surface area contributed by atoms with Crippen LogP contribution in [-0.4, -0.2) is 0 Å². The van der Waals surface area contributed by atoms with Crippen LogP contribution in [0, 0.1) is 0 Å². The molecule has 0 aliphatic carbocycles. The van der Waals surface area contributed by atoms with Gasteiger partial charge in [0.05, 0.1) is 0 Å². The van der Waals surface area contributed by atoms with Crippen LogP contribution in [0.2, 0.25) is 0 Å². The Labute approximate surface area is 93.5 Å². The molecule has 0 atom stereocenters. The third kappa shape index (κ3) is 3.09. The molecule has 82 valence electrons. The minimum absolute atomic E-state index is 0.0601. The molecule has 0 aliphatic heterocycles. The van der Waals surface area contributed by atoms with Gasteiger partial charge in [0.1, 0.15) is 4.90 Å². The molecule has 14 heavy (non-hydrogen) atoms. The van der Waals surface area contributed by atoms with Crippen molar-refractivity contribution in [2.45, 2.75) is 4.90 Å². The van der Waals surface area contributed by atoms with Crippen LogP contribution in [0.4, 0.5) is 19.4 Å². The van der Waals surface area contributed by atoms with E-state index in [2.05, 4.69) is 31.9 Å². The second-order valence-corrected chi connectivity index (χ2v) is 6.81. The topological polar surface area (TPSA) is 0 Å². The van der Waals surface area contributed by atoms with E-state index in [1.54, 1.807) is 0 Å². The molecule has 1 aromatic rings. The van der Waals surface area contributed by atoms with Crippen molar-refractivity contribution in [1.82, 2.24) is 0 Å². The monoisotopic (exact) mass is 360 g/mol. The van der Waals surface area contributed by atoms with Gasteiger partial charge in [0.15, 0.2) is 0 Å². The zero-order chi connectivity index (χ0) is 11.3. The highest BCUT2D eigenvalue weighted by Crippen LogP contribution is 3.02. The SMILES string of the molecule is FS(F)(F)(F)(F)c1cc(Br)cc(Br)c1. The normalized spacial score (nSPS) is 17.4. The minimum Gasteiger partial charge on any atom is -0.0936 e. The average Bonchev–Trinajstić information content (AvgIpc) is 1.78. The predicted octanol–water partition coefficient (Wildman–Crippen LogP) is 5.87. The van der Waals surface area contributed by atoms with Gasteiger partial charge >= 0.3 is 10.2 Å². The number of halogens is 7. The van der Waals surface area contributed by atoms with Crippen molar-refractivity contribution in [3.05, 3.63) is 27.1 Å². The number of hydrogen-bond donors (Lipinski definition) is 0. The summed E-state index contributed by atoms with van der Waals surface area (Å²) >= 11 is 5.42. The summed E-state index contributed by atoms with van der Waals surface area (Å²) in [6.45, 7) is 0. The molecule has 0 heterocycles. The molecule has 0 fully saturated rings. The molecule has 0 saturated carbocycles. The second-order valence-electron chi connectivity index (χ2n) is 2.57. The molecule has 0 amide bonds. The molecule has 0 aromatic heterocycles. The van der Waals surface area contributed by atoms with Crippen LogP contribution >= 0.6 is 42.1 Å². The first kappa shape index (κ1) is 12.3. The van der Waals surface area contributed by atoms with Gasteiger partial charge in [-0.15, -0.1) is 0 Å². The maximum atomic E-state index is 12.3. The maximum Gasteiger partial charge on any atom is 0.310 e. The van der Waals surface area contributed by atoms with E-state index in [1.165, 1.54) is 6.07 Å². The van der Waals surface area contributed by atoms with Crippen molar-refractivity contribution >= 4 is 42.1 Å². The van der Waals surface area contributed by atoms with Crippen LogP contribution in [0.1, 0.15) is 0 Å². The molecule has 8 heteroatoms. The minimum atomic E-state index is -9.56. The zero-order valence-corrected chi connectivity index (χ0v) is 10.3. The second kappa shape index (κ2) is 2.65. The Balaban J connectivity index is 3.50. The molecular formula is C6H3Br2F5S. The van der Waals surface area contributed by atoms with E-state index in [0.29, 0.717) is 12.1 Å². The Bertz CT molecular complexity index is 364. The van der Waals surface area contributed by atoms with E-state index >= 15 is 0 Å². The predicted molar refractivity (Wildman–Crippen MR) is 53.2 cm³/mol. The molecule has 1 aromatic carbocycles. The van der Waals surface area contributed by atoms with Gasteiger partial charge in [-0.2, -0.15) is 0 Å². The van der Waals surface area contributed by atoms with E-state index in [9.17, 15) is 19.4 Å². The molecular weight excluding hydrogens is 359 g/mol.